The summed E-state index contributed by atoms with van der Waals surface area (Å²) in [5.41, 5.74) is 0.750. The molecule has 6 heteroatoms. The van der Waals surface area contributed by atoms with Crippen LogP contribution in [0.15, 0.2) is 24.3 Å². The molecule has 1 N–H and O–H groups in total. The van der Waals surface area contributed by atoms with Crippen LogP contribution in [0.4, 0.5) is 0 Å². The van der Waals surface area contributed by atoms with Crippen molar-refractivity contribution >= 4 is 17.5 Å². The third kappa shape index (κ3) is 3.50. The normalized spacial score (nSPS) is 34.5. The highest BCUT2D eigenvalue weighted by molar-refractivity contribution is 6.30. The maximum atomic E-state index is 13.6. The summed E-state index contributed by atoms with van der Waals surface area (Å²) in [6.45, 7) is 4.96. The number of aliphatic hydroxyl groups is 1. The lowest BCUT2D eigenvalue weighted by atomic mass is 9.63. The first-order chi connectivity index (χ1) is 14.1. The van der Waals surface area contributed by atoms with Gasteiger partial charge in [0.05, 0.1) is 24.7 Å². The molecular formula is C23H31ClN2O3. The lowest BCUT2D eigenvalue weighted by Gasteiger charge is -2.43. The Morgan fingerprint density at radius 3 is 2.34 bits per heavy atom. The second kappa shape index (κ2) is 7.84. The summed E-state index contributed by atoms with van der Waals surface area (Å²) in [4.78, 5) is 18.2. The molecule has 29 heavy (non-hydrogen) atoms. The van der Waals surface area contributed by atoms with E-state index in [9.17, 15) is 9.90 Å². The number of hydrogen-bond donors (Lipinski definition) is 1. The van der Waals surface area contributed by atoms with Crippen molar-refractivity contribution in [2.45, 2.75) is 49.7 Å². The number of hydrogen-bond acceptors (Lipinski definition) is 4. The van der Waals surface area contributed by atoms with E-state index in [2.05, 4.69) is 9.80 Å². The molecule has 0 aromatic heterocycles. The quantitative estimate of drug-likeness (QED) is 0.820. The van der Waals surface area contributed by atoms with Crippen LogP contribution >= 0.6 is 11.6 Å². The summed E-state index contributed by atoms with van der Waals surface area (Å²) in [6, 6.07) is 8.07. The fraction of sp³-hybridized carbons (Fsp3) is 0.696. The predicted molar refractivity (Wildman–Crippen MR) is 112 cm³/mol. The highest BCUT2D eigenvalue weighted by Crippen LogP contribution is 2.47. The number of carbonyl (C=O) groups excluding carboxylic acids is 1. The van der Waals surface area contributed by atoms with Gasteiger partial charge in [0.2, 0.25) is 5.91 Å². The predicted octanol–water partition coefficient (Wildman–Crippen LogP) is 2.69. The van der Waals surface area contributed by atoms with Crippen LogP contribution in [0.3, 0.4) is 0 Å². The molecule has 2 saturated heterocycles. The van der Waals surface area contributed by atoms with Gasteiger partial charge < -0.3 is 14.7 Å². The first-order valence-electron chi connectivity index (χ1n) is 11.1. The molecular weight excluding hydrogens is 388 g/mol. The van der Waals surface area contributed by atoms with Crippen LogP contribution < -0.4 is 0 Å². The lowest BCUT2D eigenvalue weighted by molar-refractivity contribution is -0.140. The van der Waals surface area contributed by atoms with E-state index >= 15 is 0 Å². The average Bonchev–Trinajstić information content (AvgIpc) is 3.11. The number of halogens is 1. The molecule has 1 aromatic rings. The molecule has 158 valence electrons. The molecule has 0 bridgehead atoms. The molecule has 0 unspecified atom stereocenters. The molecule has 2 saturated carbocycles. The fourth-order valence-corrected chi connectivity index (χ4v) is 6.23. The largest absolute Gasteiger partial charge is 0.391 e. The summed E-state index contributed by atoms with van der Waals surface area (Å²) in [5, 5.41) is 11.5. The molecule has 5 rings (SSSR count). The van der Waals surface area contributed by atoms with Crippen molar-refractivity contribution in [3.8, 4) is 0 Å². The minimum absolute atomic E-state index is 0.212. The van der Waals surface area contributed by atoms with Gasteiger partial charge in [-0.2, -0.15) is 0 Å². The number of fused-ring (bicyclic) bond motifs is 1. The number of amides is 1. The molecule has 1 aromatic carbocycles. The van der Waals surface area contributed by atoms with Crippen LogP contribution in [0.1, 0.15) is 37.7 Å². The van der Waals surface area contributed by atoms with Gasteiger partial charge in [-0.1, -0.05) is 30.2 Å². The van der Waals surface area contributed by atoms with Gasteiger partial charge in [0.15, 0.2) is 0 Å². The van der Waals surface area contributed by atoms with Gasteiger partial charge in [-0.15, -0.1) is 0 Å². The maximum absolute atomic E-state index is 13.6. The second-order valence-electron chi connectivity index (χ2n) is 9.43. The number of ether oxygens (including phenoxy) is 1. The zero-order valence-electron chi connectivity index (χ0n) is 16.9. The second-order valence-corrected chi connectivity index (χ2v) is 9.86. The summed E-state index contributed by atoms with van der Waals surface area (Å²) in [7, 11) is 0. The monoisotopic (exact) mass is 418 g/mol. The van der Waals surface area contributed by atoms with E-state index in [-0.39, 0.29) is 23.5 Å². The number of aliphatic hydroxyl groups excluding tert-OH is 1. The Bertz CT molecular complexity index is 745. The molecule has 2 aliphatic carbocycles. The van der Waals surface area contributed by atoms with E-state index < -0.39 is 0 Å². The molecule has 4 aliphatic rings. The van der Waals surface area contributed by atoms with Crippen LogP contribution in [0.2, 0.25) is 5.02 Å². The molecule has 0 spiro atoms. The first-order valence-corrected chi connectivity index (χ1v) is 11.5. The Hall–Kier alpha value is -1.14. The summed E-state index contributed by atoms with van der Waals surface area (Å²) in [6.07, 6.45) is 4.47. The smallest absolute Gasteiger partial charge is 0.233 e. The Balaban J connectivity index is 1.30. The standard InChI is InChI=1S/C23H31ClN2O3/c24-19-4-2-18(3-5-19)23(6-1-7-23)22(28)26-14-16-12-20(21(27)13-17(16)15-26)25-8-10-29-11-9-25/h2-5,16-17,20-21,27H,1,6-15H2/t16-,17+,20-,21-/m1/s1. The van der Waals surface area contributed by atoms with Crippen molar-refractivity contribution in [3.63, 3.8) is 0 Å². The minimum Gasteiger partial charge on any atom is -0.391 e. The maximum Gasteiger partial charge on any atom is 0.233 e. The van der Waals surface area contributed by atoms with Crippen molar-refractivity contribution in [2.24, 2.45) is 11.8 Å². The average molecular weight is 419 g/mol. The molecule has 2 heterocycles. The Kier molecular flexibility index (Phi) is 5.35. The highest BCUT2D eigenvalue weighted by atomic mass is 35.5. The Morgan fingerprint density at radius 1 is 1.07 bits per heavy atom. The first kappa shape index (κ1) is 19.8. The van der Waals surface area contributed by atoms with Crippen molar-refractivity contribution in [2.75, 3.05) is 39.4 Å². The Labute approximate surface area is 178 Å². The van der Waals surface area contributed by atoms with Crippen LogP contribution in [0.5, 0.6) is 0 Å². The van der Waals surface area contributed by atoms with E-state index in [1.54, 1.807) is 0 Å². The van der Waals surface area contributed by atoms with Crippen molar-refractivity contribution in [1.82, 2.24) is 9.80 Å². The molecule has 1 amide bonds. The molecule has 2 aliphatic heterocycles. The third-order valence-electron chi connectivity index (χ3n) is 7.92. The van der Waals surface area contributed by atoms with E-state index in [0.717, 1.165) is 77.1 Å². The van der Waals surface area contributed by atoms with Gasteiger partial charge in [-0.05, 0) is 55.2 Å². The zero-order chi connectivity index (χ0) is 20.0. The molecule has 0 radical (unpaired) electrons. The number of rotatable bonds is 3. The van der Waals surface area contributed by atoms with Gasteiger partial charge in [-0.25, -0.2) is 0 Å². The van der Waals surface area contributed by atoms with Crippen molar-refractivity contribution in [3.05, 3.63) is 34.9 Å². The topological polar surface area (TPSA) is 53.0 Å². The van der Waals surface area contributed by atoms with Gasteiger partial charge in [-0.3, -0.25) is 9.69 Å². The van der Waals surface area contributed by atoms with Crippen molar-refractivity contribution < 1.29 is 14.6 Å². The summed E-state index contributed by atoms with van der Waals surface area (Å²) in [5.74, 6) is 1.21. The van der Waals surface area contributed by atoms with Crippen molar-refractivity contribution in [1.29, 1.82) is 0 Å². The zero-order valence-corrected chi connectivity index (χ0v) is 17.7. The van der Waals surface area contributed by atoms with Gasteiger partial charge in [0.25, 0.3) is 0 Å². The summed E-state index contributed by atoms with van der Waals surface area (Å²) >= 11 is 6.07. The van der Waals surface area contributed by atoms with Crippen LogP contribution in [-0.2, 0) is 14.9 Å². The lowest BCUT2D eigenvalue weighted by Crippen LogP contribution is -2.53. The molecule has 5 nitrogen and oxygen atoms in total. The van der Waals surface area contributed by atoms with Gasteiger partial charge >= 0.3 is 0 Å². The van der Waals surface area contributed by atoms with E-state index in [0.29, 0.717) is 16.9 Å². The fourth-order valence-electron chi connectivity index (χ4n) is 6.10. The highest BCUT2D eigenvalue weighted by Gasteiger charge is 2.51. The third-order valence-corrected chi connectivity index (χ3v) is 8.18. The number of likely N-dealkylation sites (tertiary alicyclic amines) is 1. The molecule has 4 fully saturated rings. The van der Waals surface area contributed by atoms with Crippen LogP contribution in [0.25, 0.3) is 0 Å². The SMILES string of the molecule is O=C(N1C[C@H]2C[C@@H](N3CCOCC3)[C@H](O)C[C@H]2C1)C1(c2ccc(Cl)cc2)CCC1. The van der Waals surface area contributed by atoms with E-state index in [1.165, 1.54) is 0 Å². The molecule has 4 atom stereocenters. The van der Waals surface area contributed by atoms with Crippen LogP contribution in [0, 0.1) is 11.8 Å². The Morgan fingerprint density at radius 2 is 1.72 bits per heavy atom. The van der Waals surface area contributed by atoms with E-state index in [1.807, 2.05) is 24.3 Å². The number of nitrogens with zero attached hydrogens (tertiary/aromatic N) is 2. The number of benzene rings is 1. The number of morpholine rings is 1. The van der Waals surface area contributed by atoms with E-state index in [4.69, 9.17) is 16.3 Å². The van der Waals surface area contributed by atoms with Gasteiger partial charge in [0, 0.05) is 37.2 Å². The minimum atomic E-state index is -0.361. The summed E-state index contributed by atoms with van der Waals surface area (Å²) < 4.78 is 5.48. The number of carbonyl (C=O) groups is 1. The van der Waals surface area contributed by atoms with Crippen LogP contribution in [-0.4, -0.2) is 72.4 Å². The van der Waals surface area contributed by atoms with Gasteiger partial charge in [0.1, 0.15) is 0 Å².